The Morgan fingerprint density at radius 1 is 1.26 bits per heavy atom. The molecule has 1 amide bonds. The fourth-order valence-corrected chi connectivity index (χ4v) is 2.05. The molecule has 0 atom stereocenters. The Hall–Kier alpha value is -1.81. The summed E-state index contributed by atoms with van der Waals surface area (Å²) in [5, 5.41) is 2.85. The van der Waals surface area contributed by atoms with Crippen molar-refractivity contribution in [1.29, 1.82) is 0 Å². The minimum atomic E-state index is -0.0453. The van der Waals surface area contributed by atoms with E-state index in [1.54, 1.807) is 6.07 Å². The quantitative estimate of drug-likeness (QED) is 0.851. The molecular weight excluding hydrogens is 304 g/mol. The Bertz CT molecular complexity index is 611. The summed E-state index contributed by atoms with van der Waals surface area (Å²) in [6, 6.07) is 13.2. The van der Waals surface area contributed by atoms with E-state index in [2.05, 4.69) is 21.2 Å². The number of nitrogens with two attached hydrogens (primary N) is 1. The first-order chi connectivity index (χ1) is 9.06. The zero-order chi connectivity index (χ0) is 13.8. The van der Waals surface area contributed by atoms with Gasteiger partial charge in [-0.05, 0) is 52.2 Å². The number of carbonyl (C=O) groups excluding carboxylic acids is 1. The zero-order valence-electron chi connectivity index (χ0n) is 10.6. The van der Waals surface area contributed by atoms with E-state index >= 15 is 0 Å². The van der Waals surface area contributed by atoms with Crippen molar-refractivity contribution in [3.63, 3.8) is 0 Å². The van der Waals surface area contributed by atoms with Gasteiger partial charge in [-0.25, -0.2) is 0 Å². The molecule has 0 aliphatic carbocycles. The minimum absolute atomic E-state index is 0.0453. The van der Waals surface area contributed by atoms with Crippen LogP contribution in [0.2, 0.25) is 0 Å². The van der Waals surface area contributed by atoms with Crippen LogP contribution in [0, 0.1) is 6.92 Å². The van der Waals surface area contributed by atoms with E-state index in [0.717, 1.165) is 15.6 Å². The number of nitrogen functional groups attached to an aromatic ring is 1. The summed E-state index contributed by atoms with van der Waals surface area (Å²) < 4.78 is 0.824. The molecule has 2 rings (SSSR count). The molecule has 0 spiro atoms. The van der Waals surface area contributed by atoms with Gasteiger partial charge < -0.3 is 11.1 Å². The number of hydrogen-bond acceptors (Lipinski definition) is 2. The number of aryl methyl sites for hydroxylation is 1. The van der Waals surface area contributed by atoms with Crippen LogP contribution < -0.4 is 11.1 Å². The highest BCUT2D eigenvalue weighted by Gasteiger charge is 2.06. The number of halogens is 1. The van der Waals surface area contributed by atoms with Crippen molar-refractivity contribution in [1.82, 2.24) is 0 Å². The van der Waals surface area contributed by atoms with E-state index in [4.69, 9.17) is 5.73 Å². The third kappa shape index (κ3) is 3.58. The molecule has 0 radical (unpaired) electrons. The van der Waals surface area contributed by atoms with Crippen LogP contribution in [0.15, 0.2) is 46.9 Å². The van der Waals surface area contributed by atoms with E-state index in [1.807, 2.05) is 43.3 Å². The second-order valence-corrected chi connectivity index (χ2v) is 5.24. The van der Waals surface area contributed by atoms with Crippen molar-refractivity contribution in [3.8, 4) is 0 Å². The fraction of sp³-hybridized carbons (Fsp3) is 0.133. The smallest absolute Gasteiger partial charge is 0.228 e. The van der Waals surface area contributed by atoms with Gasteiger partial charge in [-0.1, -0.05) is 24.3 Å². The van der Waals surface area contributed by atoms with Crippen LogP contribution in [0.5, 0.6) is 0 Å². The normalized spacial score (nSPS) is 10.2. The lowest BCUT2D eigenvalue weighted by molar-refractivity contribution is -0.115. The van der Waals surface area contributed by atoms with Crippen LogP contribution >= 0.6 is 15.9 Å². The maximum absolute atomic E-state index is 12.0. The van der Waals surface area contributed by atoms with Gasteiger partial charge in [-0.2, -0.15) is 0 Å². The Labute approximate surface area is 121 Å². The van der Waals surface area contributed by atoms with E-state index in [1.165, 1.54) is 0 Å². The number of carbonyl (C=O) groups is 1. The van der Waals surface area contributed by atoms with Crippen LogP contribution in [-0.4, -0.2) is 5.91 Å². The summed E-state index contributed by atoms with van der Waals surface area (Å²) in [6.07, 6.45) is 0.364. The molecule has 0 heterocycles. The summed E-state index contributed by atoms with van der Waals surface area (Å²) in [5.74, 6) is -0.0453. The van der Waals surface area contributed by atoms with E-state index in [0.29, 0.717) is 17.8 Å². The molecule has 0 bridgehead atoms. The second-order valence-electron chi connectivity index (χ2n) is 4.39. The Kier molecular flexibility index (Phi) is 4.22. The van der Waals surface area contributed by atoms with Crippen molar-refractivity contribution in [2.24, 2.45) is 0 Å². The molecule has 0 aliphatic heterocycles. The highest BCUT2D eigenvalue weighted by molar-refractivity contribution is 9.10. The van der Waals surface area contributed by atoms with Crippen LogP contribution in [0.25, 0.3) is 0 Å². The largest absolute Gasteiger partial charge is 0.398 e. The predicted molar refractivity (Wildman–Crippen MR) is 82.1 cm³/mol. The third-order valence-corrected chi connectivity index (χ3v) is 3.61. The van der Waals surface area contributed by atoms with Crippen molar-refractivity contribution < 1.29 is 4.79 Å². The lowest BCUT2D eigenvalue weighted by Crippen LogP contribution is -2.15. The van der Waals surface area contributed by atoms with Crippen LogP contribution in [0.3, 0.4) is 0 Å². The molecule has 0 aliphatic rings. The topological polar surface area (TPSA) is 55.1 Å². The number of rotatable bonds is 3. The van der Waals surface area contributed by atoms with Gasteiger partial charge in [0, 0.05) is 15.8 Å². The van der Waals surface area contributed by atoms with Crippen LogP contribution in [0.4, 0.5) is 11.4 Å². The van der Waals surface area contributed by atoms with Gasteiger partial charge in [-0.3, -0.25) is 4.79 Å². The van der Waals surface area contributed by atoms with Gasteiger partial charge in [-0.15, -0.1) is 0 Å². The summed E-state index contributed by atoms with van der Waals surface area (Å²) in [4.78, 5) is 12.0. The molecule has 19 heavy (non-hydrogen) atoms. The number of anilines is 2. The number of amides is 1. The maximum Gasteiger partial charge on any atom is 0.228 e. The van der Waals surface area contributed by atoms with Crippen LogP contribution in [0.1, 0.15) is 11.1 Å². The highest BCUT2D eigenvalue weighted by atomic mass is 79.9. The molecule has 2 aromatic rings. The average molecular weight is 319 g/mol. The van der Waals surface area contributed by atoms with Crippen molar-refractivity contribution in [2.45, 2.75) is 13.3 Å². The monoisotopic (exact) mass is 318 g/mol. The van der Waals surface area contributed by atoms with Gasteiger partial charge in [0.2, 0.25) is 5.91 Å². The summed E-state index contributed by atoms with van der Waals surface area (Å²) >= 11 is 3.32. The minimum Gasteiger partial charge on any atom is -0.398 e. The van der Waals surface area contributed by atoms with Crippen molar-refractivity contribution >= 4 is 33.2 Å². The first-order valence-corrected chi connectivity index (χ1v) is 6.75. The molecular formula is C15H15BrN2O. The highest BCUT2D eigenvalue weighted by Crippen LogP contribution is 2.23. The van der Waals surface area contributed by atoms with E-state index in [9.17, 15) is 4.79 Å². The first-order valence-electron chi connectivity index (χ1n) is 5.95. The lowest BCUT2D eigenvalue weighted by atomic mass is 10.1. The van der Waals surface area contributed by atoms with Gasteiger partial charge in [0.25, 0.3) is 0 Å². The number of nitrogens with one attached hydrogen (secondary N) is 1. The predicted octanol–water partition coefficient (Wildman–Crippen LogP) is 3.52. The van der Waals surface area contributed by atoms with Crippen LogP contribution in [-0.2, 0) is 11.2 Å². The third-order valence-electron chi connectivity index (χ3n) is 2.89. The maximum atomic E-state index is 12.0. The molecule has 3 N–H and O–H groups in total. The number of benzene rings is 2. The average Bonchev–Trinajstić information content (AvgIpc) is 2.37. The fourth-order valence-electron chi connectivity index (χ4n) is 1.81. The Balaban J connectivity index is 2.05. The van der Waals surface area contributed by atoms with Gasteiger partial charge in [0.05, 0.1) is 6.42 Å². The van der Waals surface area contributed by atoms with Gasteiger partial charge in [0.15, 0.2) is 0 Å². The lowest BCUT2D eigenvalue weighted by Gasteiger charge is -2.08. The zero-order valence-corrected chi connectivity index (χ0v) is 12.2. The molecule has 0 saturated heterocycles. The first kappa shape index (κ1) is 13.6. The van der Waals surface area contributed by atoms with E-state index < -0.39 is 0 Å². The van der Waals surface area contributed by atoms with E-state index in [-0.39, 0.29) is 5.91 Å². The molecule has 0 saturated carbocycles. The molecule has 98 valence electrons. The standard InChI is InChI=1S/C15H15BrN2O/c1-10-4-2-3-5-11(10)8-15(19)18-12-6-7-13(16)14(17)9-12/h2-7,9H,8,17H2,1H3,(H,18,19). The van der Waals surface area contributed by atoms with Crippen molar-refractivity contribution in [2.75, 3.05) is 11.1 Å². The Morgan fingerprint density at radius 2 is 2.00 bits per heavy atom. The summed E-state index contributed by atoms with van der Waals surface area (Å²) in [6.45, 7) is 2.00. The molecule has 0 aromatic heterocycles. The molecule has 0 fully saturated rings. The molecule has 2 aromatic carbocycles. The van der Waals surface area contributed by atoms with Gasteiger partial charge >= 0.3 is 0 Å². The van der Waals surface area contributed by atoms with Gasteiger partial charge in [0.1, 0.15) is 0 Å². The second kappa shape index (κ2) is 5.89. The summed E-state index contributed by atoms with van der Waals surface area (Å²) in [5.41, 5.74) is 9.24. The molecule has 4 heteroatoms. The van der Waals surface area contributed by atoms with Crippen molar-refractivity contribution in [3.05, 3.63) is 58.1 Å². The molecule has 3 nitrogen and oxygen atoms in total. The Morgan fingerprint density at radius 3 is 2.68 bits per heavy atom. The SMILES string of the molecule is Cc1ccccc1CC(=O)Nc1ccc(Br)c(N)c1. The summed E-state index contributed by atoms with van der Waals surface area (Å²) in [7, 11) is 0. The molecule has 0 unspecified atom stereocenters. The number of hydrogen-bond donors (Lipinski definition) is 2.